The number of methoxy groups -OCH3 is 2. The topological polar surface area (TPSA) is 123 Å². The second-order valence-corrected chi connectivity index (χ2v) is 9.22. The number of carbonyl (C=O) groups is 3. The second kappa shape index (κ2) is 11.3. The number of allylic oxidation sites excluding steroid dienone is 1. The highest BCUT2D eigenvalue weighted by Gasteiger charge is 2.43. The number of carbonyl (C=O) groups excluding carboxylic acids is 3. The van der Waals surface area contributed by atoms with E-state index in [4.69, 9.17) is 15.2 Å². The summed E-state index contributed by atoms with van der Waals surface area (Å²) in [5.41, 5.74) is 6.15. The molecular weight excluding hydrogens is 569 g/mol. The molecule has 1 atom stereocenters. The SMILES string of the molecule is COC(=O)C1=C(C(=O)OC)N(c2ccc(Br)cc2C(=O)c2ccccc2F)C(N)=C(C#N)C1c1ccccc1. The van der Waals surface area contributed by atoms with Crippen LogP contribution in [-0.2, 0) is 19.1 Å². The zero-order chi connectivity index (χ0) is 28.3. The first-order valence-electron chi connectivity index (χ1n) is 11.5. The number of rotatable bonds is 6. The lowest BCUT2D eigenvalue weighted by atomic mass is 9.80. The molecule has 1 unspecified atom stereocenters. The Labute approximate surface area is 231 Å². The van der Waals surface area contributed by atoms with Crippen LogP contribution in [0.15, 0.2) is 99.9 Å². The smallest absolute Gasteiger partial charge is 0.355 e. The summed E-state index contributed by atoms with van der Waals surface area (Å²) in [4.78, 5) is 41.3. The molecule has 1 heterocycles. The van der Waals surface area contributed by atoms with E-state index in [2.05, 4.69) is 22.0 Å². The molecule has 8 nitrogen and oxygen atoms in total. The normalized spacial score (nSPS) is 15.1. The lowest BCUT2D eigenvalue weighted by molar-refractivity contribution is -0.139. The van der Waals surface area contributed by atoms with E-state index >= 15 is 0 Å². The minimum Gasteiger partial charge on any atom is -0.466 e. The number of nitriles is 1. The summed E-state index contributed by atoms with van der Waals surface area (Å²) < 4.78 is 25.2. The van der Waals surface area contributed by atoms with Crippen molar-refractivity contribution >= 4 is 39.3 Å². The third kappa shape index (κ3) is 4.92. The predicted octanol–water partition coefficient (Wildman–Crippen LogP) is 4.72. The molecule has 3 aromatic carbocycles. The zero-order valence-corrected chi connectivity index (χ0v) is 22.4. The van der Waals surface area contributed by atoms with Crippen molar-refractivity contribution in [3.05, 3.63) is 122 Å². The highest BCUT2D eigenvalue weighted by atomic mass is 79.9. The van der Waals surface area contributed by atoms with E-state index in [1.54, 1.807) is 36.4 Å². The van der Waals surface area contributed by atoms with Crippen LogP contribution in [0.4, 0.5) is 10.1 Å². The van der Waals surface area contributed by atoms with Gasteiger partial charge in [-0.1, -0.05) is 58.4 Å². The van der Waals surface area contributed by atoms with Crippen molar-refractivity contribution in [3.63, 3.8) is 0 Å². The summed E-state index contributed by atoms with van der Waals surface area (Å²) in [7, 11) is 2.25. The van der Waals surface area contributed by atoms with Gasteiger partial charge in [-0.2, -0.15) is 5.26 Å². The predicted molar refractivity (Wildman–Crippen MR) is 144 cm³/mol. The number of nitrogens with zero attached hydrogens (tertiary/aromatic N) is 2. The lowest BCUT2D eigenvalue weighted by Gasteiger charge is -2.36. The van der Waals surface area contributed by atoms with E-state index in [0.717, 1.165) is 25.2 Å². The van der Waals surface area contributed by atoms with E-state index in [9.17, 15) is 24.0 Å². The third-order valence-electron chi connectivity index (χ3n) is 6.17. The number of nitrogens with two attached hydrogens (primary N) is 1. The number of ether oxygens (including phenoxy) is 2. The number of benzene rings is 3. The van der Waals surface area contributed by atoms with Crippen LogP contribution in [0, 0.1) is 17.1 Å². The van der Waals surface area contributed by atoms with E-state index in [0.29, 0.717) is 10.0 Å². The molecule has 0 radical (unpaired) electrons. The zero-order valence-electron chi connectivity index (χ0n) is 20.8. The fourth-order valence-electron chi connectivity index (χ4n) is 4.44. The molecule has 1 aliphatic heterocycles. The number of hydrogen-bond acceptors (Lipinski definition) is 8. The number of anilines is 1. The largest absolute Gasteiger partial charge is 0.466 e. The molecule has 0 fully saturated rings. The maximum Gasteiger partial charge on any atom is 0.355 e. The minimum absolute atomic E-state index is 0.0185. The van der Waals surface area contributed by atoms with Crippen LogP contribution in [0.2, 0.25) is 0 Å². The summed E-state index contributed by atoms with van der Waals surface area (Å²) in [6.07, 6.45) is 0. The van der Waals surface area contributed by atoms with Crippen molar-refractivity contribution in [2.24, 2.45) is 5.73 Å². The molecule has 0 aromatic heterocycles. The standard InChI is InChI=1S/C29H21BrFN3O5/c1-38-28(36)24-23(16-8-4-3-5-9-16)20(15-32)27(33)34(25(24)29(37)39-2)22-13-12-17(30)14-19(22)26(35)18-10-6-7-11-21(18)31/h3-14,23H,33H2,1-2H3. The van der Waals surface area contributed by atoms with Crippen molar-refractivity contribution < 1.29 is 28.2 Å². The van der Waals surface area contributed by atoms with Gasteiger partial charge in [0, 0.05) is 10.0 Å². The van der Waals surface area contributed by atoms with Crippen molar-refractivity contribution in [1.29, 1.82) is 5.26 Å². The van der Waals surface area contributed by atoms with Crippen LogP contribution >= 0.6 is 15.9 Å². The molecule has 4 rings (SSSR count). The molecule has 0 spiro atoms. The van der Waals surface area contributed by atoms with Gasteiger partial charge in [0.15, 0.2) is 5.78 Å². The van der Waals surface area contributed by atoms with Gasteiger partial charge in [-0.25, -0.2) is 14.0 Å². The summed E-state index contributed by atoms with van der Waals surface area (Å²) in [6, 6.07) is 20.5. The summed E-state index contributed by atoms with van der Waals surface area (Å²) in [5.74, 6) is -4.64. The van der Waals surface area contributed by atoms with Gasteiger partial charge in [-0.05, 0) is 35.9 Å². The molecule has 1 aliphatic rings. The van der Waals surface area contributed by atoms with Crippen LogP contribution in [-0.4, -0.2) is 31.9 Å². The van der Waals surface area contributed by atoms with Gasteiger partial charge in [0.05, 0.1) is 48.6 Å². The third-order valence-corrected chi connectivity index (χ3v) is 6.67. The Balaban J connectivity index is 2.09. The summed E-state index contributed by atoms with van der Waals surface area (Å²) >= 11 is 3.33. The number of ketones is 1. The Morgan fingerprint density at radius 3 is 2.21 bits per heavy atom. The van der Waals surface area contributed by atoms with Crippen LogP contribution in [0.3, 0.4) is 0 Å². The molecule has 0 bridgehead atoms. The van der Waals surface area contributed by atoms with Gasteiger partial charge in [-0.3, -0.25) is 9.69 Å². The second-order valence-electron chi connectivity index (χ2n) is 8.31. The quantitative estimate of drug-likeness (QED) is 0.324. The van der Waals surface area contributed by atoms with E-state index in [-0.39, 0.29) is 39.5 Å². The van der Waals surface area contributed by atoms with Crippen molar-refractivity contribution in [3.8, 4) is 6.07 Å². The fourth-order valence-corrected chi connectivity index (χ4v) is 4.80. The molecule has 0 amide bonds. The average Bonchev–Trinajstić information content (AvgIpc) is 2.96. The first-order chi connectivity index (χ1) is 18.7. The molecule has 39 heavy (non-hydrogen) atoms. The minimum atomic E-state index is -1.07. The molecule has 0 saturated heterocycles. The first-order valence-corrected chi connectivity index (χ1v) is 12.3. The highest BCUT2D eigenvalue weighted by molar-refractivity contribution is 9.10. The Hall–Kier alpha value is -4.75. The maximum atomic E-state index is 14.6. The van der Waals surface area contributed by atoms with Crippen LogP contribution in [0.25, 0.3) is 0 Å². The Kier molecular flexibility index (Phi) is 7.93. The summed E-state index contributed by atoms with van der Waals surface area (Å²) in [6.45, 7) is 0. The van der Waals surface area contributed by atoms with Crippen molar-refractivity contribution in [2.45, 2.75) is 5.92 Å². The first kappa shape index (κ1) is 27.3. The number of halogens is 2. The van der Waals surface area contributed by atoms with Crippen molar-refractivity contribution in [2.75, 3.05) is 19.1 Å². The molecular formula is C29H21BrFN3O5. The number of esters is 2. The van der Waals surface area contributed by atoms with Crippen LogP contribution in [0.1, 0.15) is 27.4 Å². The summed E-state index contributed by atoms with van der Waals surface area (Å²) in [5, 5.41) is 10.2. The van der Waals surface area contributed by atoms with Crippen molar-refractivity contribution in [1.82, 2.24) is 0 Å². The Morgan fingerprint density at radius 2 is 1.59 bits per heavy atom. The lowest BCUT2D eigenvalue weighted by Crippen LogP contribution is -2.41. The Bertz CT molecular complexity index is 1590. The van der Waals surface area contributed by atoms with Gasteiger partial charge in [0.25, 0.3) is 0 Å². The average molecular weight is 590 g/mol. The monoisotopic (exact) mass is 589 g/mol. The highest BCUT2D eigenvalue weighted by Crippen LogP contribution is 2.44. The Morgan fingerprint density at radius 1 is 0.949 bits per heavy atom. The molecule has 10 heteroatoms. The number of hydrogen-bond donors (Lipinski definition) is 1. The van der Waals surface area contributed by atoms with Gasteiger partial charge in [0.2, 0.25) is 0 Å². The van der Waals surface area contributed by atoms with E-state index < -0.39 is 29.5 Å². The van der Waals surface area contributed by atoms with Gasteiger partial charge >= 0.3 is 11.9 Å². The van der Waals surface area contributed by atoms with E-state index in [1.807, 2.05) is 0 Å². The molecule has 0 aliphatic carbocycles. The fraction of sp³-hybridized carbons (Fsp3) is 0.103. The maximum absolute atomic E-state index is 14.6. The van der Waals surface area contributed by atoms with Gasteiger partial charge in [0.1, 0.15) is 17.3 Å². The van der Waals surface area contributed by atoms with Crippen LogP contribution < -0.4 is 10.6 Å². The molecule has 3 aromatic rings. The van der Waals surface area contributed by atoms with Gasteiger partial charge in [-0.15, -0.1) is 0 Å². The van der Waals surface area contributed by atoms with Crippen LogP contribution in [0.5, 0.6) is 0 Å². The van der Waals surface area contributed by atoms with Gasteiger partial charge < -0.3 is 15.2 Å². The van der Waals surface area contributed by atoms with E-state index in [1.165, 1.54) is 30.3 Å². The molecule has 196 valence electrons. The molecule has 0 saturated carbocycles. The molecule has 2 N–H and O–H groups in total.